The molecule has 24 heavy (non-hydrogen) atoms. The van der Waals surface area contributed by atoms with Crippen molar-refractivity contribution in [1.29, 1.82) is 0 Å². The Bertz CT molecular complexity index is 875. The van der Waals surface area contributed by atoms with Crippen LogP contribution in [-0.2, 0) is 4.79 Å². The van der Waals surface area contributed by atoms with Crippen LogP contribution in [0.2, 0.25) is 0 Å². The molecule has 0 spiro atoms. The number of nitrogens with zero attached hydrogens (tertiary/aromatic N) is 4. The predicted octanol–water partition coefficient (Wildman–Crippen LogP) is 2.98. The van der Waals surface area contributed by atoms with E-state index in [9.17, 15) is 4.79 Å². The summed E-state index contributed by atoms with van der Waals surface area (Å²) >= 11 is 1.57. The van der Waals surface area contributed by atoms with Crippen molar-refractivity contribution in [3.63, 3.8) is 0 Å². The molecule has 7 nitrogen and oxygen atoms in total. The highest BCUT2D eigenvalue weighted by Gasteiger charge is 2.26. The van der Waals surface area contributed by atoms with E-state index in [-0.39, 0.29) is 11.8 Å². The Balaban J connectivity index is 1.45. The van der Waals surface area contributed by atoms with Crippen molar-refractivity contribution in [2.45, 2.75) is 38.5 Å². The fourth-order valence-electron chi connectivity index (χ4n) is 2.52. The fourth-order valence-corrected chi connectivity index (χ4v) is 3.11. The van der Waals surface area contributed by atoms with Crippen molar-refractivity contribution in [2.75, 3.05) is 5.32 Å². The highest BCUT2D eigenvalue weighted by Crippen LogP contribution is 2.39. The Hall–Kier alpha value is -2.48. The largest absolute Gasteiger partial charge is 0.311 e. The number of carbonyl (C=O) groups is 1. The number of amides is 1. The van der Waals surface area contributed by atoms with E-state index in [1.807, 2.05) is 31.5 Å². The van der Waals surface area contributed by atoms with Gasteiger partial charge in [-0.3, -0.25) is 9.89 Å². The van der Waals surface area contributed by atoms with Gasteiger partial charge in [-0.1, -0.05) is 0 Å². The van der Waals surface area contributed by atoms with Crippen molar-refractivity contribution < 1.29 is 4.79 Å². The fraction of sp³-hybridized carbons (Fsp3) is 0.375. The predicted molar refractivity (Wildman–Crippen MR) is 91.6 cm³/mol. The van der Waals surface area contributed by atoms with Crippen LogP contribution in [0, 0.1) is 6.92 Å². The molecule has 1 aliphatic carbocycles. The van der Waals surface area contributed by atoms with E-state index in [1.165, 1.54) is 12.8 Å². The van der Waals surface area contributed by atoms with Crippen LogP contribution in [0.1, 0.15) is 47.9 Å². The molecule has 2 N–H and O–H groups in total. The van der Waals surface area contributed by atoms with Gasteiger partial charge in [-0.15, -0.1) is 11.3 Å². The van der Waals surface area contributed by atoms with Crippen LogP contribution in [0.5, 0.6) is 0 Å². The molecule has 3 heterocycles. The van der Waals surface area contributed by atoms with Crippen molar-refractivity contribution in [3.8, 4) is 5.82 Å². The maximum absolute atomic E-state index is 12.4. The van der Waals surface area contributed by atoms with E-state index in [0.717, 1.165) is 22.1 Å². The number of H-pyrrole nitrogens is 1. The highest BCUT2D eigenvalue weighted by molar-refractivity contribution is 7.09. The van der Waals surface area contributed by atoms with E-state index in [1.54, 1.807) is 22.2 Å². The molecule has 1 amide bonds. The minimum atomic E-state index is -0.314. The molecular formula is C16H18N6OS. The van der Waals surface area contributed by atoms with Crippen molar-refractivity contribution in [1.82, 2.24) is 25.0 Å². The molecule has 0 radical (unpaired) electrons. The Kier molecular flexibility index (Phi) is 3.68. The highest BCUT2D eigenvalue weighted by atomic mass is 32.1. The smallest absolute Gasteiger partial charge is 0.232 e. The zero-order valence-electron chi connectivity index (χ0n) is 13.5. The van der Waals surface area contributed by atoms with E-state index >= 15 is 0 Å². The standard InChI is InChI=1S/C16H18N6OS/c1-9(12-6-17-22(7-12)15-8-24-10(2)18-15)16(23)19-14-5-13(20-21-14)11-3-4-11/h5-9,11H,3-4H2,1-2H3,(H2,19,20,21,23). The quantitative estimate of drug-likeness (QED) is 0.746. The maximum atomic E-state index is 12.4. The summed E-state index contributed by atoms with van der Waals surface area (Å²) in [6, 6.07) is 1.92. The Labute approximate surface area is 143 Å². The summed E-state index contributed by atoms with van der Waals surface area (Å²) in [6.45, 7) is 3.82. The van der Waals surface area contributed by atoms with E-state index in [0.29, 0.717) is 11.7 Å². The van der Waals surface area contributed by atoms with Crippen LogP contribution in [-0.4, -0.2) is 30.9 Å². The second-order valence-corrected chi connectivity index (χ2v) is 7.20. The van der Waals surface area contributed by atoms with Crippen LogP contribution in [0.15, 0.2) is 23.8 Å². The first-order valence-corrected chi connectivity index (χ1v) is 8.81. The van der Waals surface area contributed by atoms with E-state index in [2.05, 4.69) is 25.6 Å². The summed E-state index contributed by atoms with van der Waals surface area (Å²) in [7, 11) is 0. The van der Waals surface area contributed by atoms with Gasteiger partial charge in [0, 0.05) is 29.1 Å². The van der Waals surface area contributed by atoms with Gasteiger partial charge >= 0.3 is 0 Å². The van der Waals surface area contributed by atoms with E-state index < -0.39 is 0 Å². The van der Waals surface area contributed by atoms with E-state index in [4.69, 9.17) is 0 Å². The average Bonchev–Trinajstić information content (AvgIpc) is 2.98. The van der Waals surface area contributed by atoms with Crippen molar-refractivity contribution in [3.05, 3.63) is 40.1 Å². The molecule has 3 aromatic heterocycles. The third-order valence-electron chi connectivity index (χ3n) is 4.19. The number of hydrogen-bond donors (Lipinski definition) is 2. The van der Waals surface area contributed by atoms with Gasteiger partial charge in [0.2, 0.25) is 5.91 Å². The molecule has 1 atom stereocenters. The third-order valence-corrected chi connectivity index (χ3v) is 4.95. The number of aromatic nitrogens is 5. The molecule has 3 aromatic rings. The van der Waals surface area contributed by atoms with Gasteiger partial charge in [0.1, 0.15) is 5.82 Å². The SMILES string of the molecule is Cc1nc(-n2cc(C(C)C(=O)Nc3cc(C4CC4)n[nH]3)cn2)cs1. The van der Waals surface area contributed by atoms with Gasteiger partial charge < -0.3 is 5.32 Å². The summed E-state index contributed by atoms with van der Waals surface area (Å²) in [6.07, 6.45) is 5.93. The molecule has 124 valence electrons. The van der Waals surface area contributed by atoms with Crippen molar-refractivity contribution >= 4 is 23.1 Å². The molecule has 1 aliphatic rings. The van der Waals surface area contributed by atoms with Gasteiger partial charge in [0.15, 0.2) is 5.82 Å². The number of aromatic amines is 1. The molecule has 0 bridgehead atoms. The summed E-state index contributed by atoms with van der Waals surface area (Å²) in [5, 5.41) is 17.3. The molecule has 0 saturated heterocycles. The van der Waals surface area contributed by atoms with Gasteiger partial charge in [-0.05, 0) is 26.7 Å². The Morgan fingerprint density at radius 3 is 3.04 bits per heavy atom. The minimum Gasteiger partial charge on any atom is -0.311 e. The monoisotopic (exact) mass is 342 g/mol. The number of anilines is 1. The summed E-state index contributed by atoms with van der Waals surface area (Å²) in [5.41, 5.74) is 1.88. The van der Waals surface area contributed by atoms with Gasteiger partial charge in [-0.25, -0.2) is 9.67 Å². The molecular weight excluding hydrogens is 324 g/mol. The second kappa shape index (κ2) is 5.86. The average molecular weight is 342 g/mol. The summed E-state index contributed by atoms with van der Waals surface area (Å²) < 4.78 is 1.70. The maximum Gasteiger partial charge on any atom is 0.232 e. The van der Waals surface area contributed by atoms with Gasteiger partial charge in [0.05, 0.1) is 22.8 Å². The molecule has 8 heteroatoms. The first kappa shape index (κ1) is 15.1. The lowest BCUT2D eigenvalue weighted by Gasteiger charge is -2.08. The zero-order valence-corrected chi connectivity index (χ0v) is 14.3. The molecule has 0 aromatic carbocycles. The lowest BCUT2D eigenvalue weighted by molar-refractivity contribution is -0.117. The Morgan fingerprint density at radius 1 is 1.50 bits per heavy atom. The number of aryl methyl sites for hydroxylation is 1. The topological polar surface area (TPSA) is 88.5 Å². The lowest BCUT2D eigenvalue weighted by atomic mass is 10.0. The third kappa shape index (κ3) is 2.96. The second-order valence-electron chi connectivity index (χ2n) is 6.13. The summed E-state index contributed by atoms with van der Waals surface area (Å²) in [5.74, 6) is 1.58. The number of nitrogens with one attached hydrogen (secondary N) is 2. The molecule has 1 saturated carbocycles. The van der Waals surface area contributed by atoms with Crippen LogP contribution in [0.25, 0.3) is 5.82 Å². The Morgan fingerprint density at radius 2 is 2.33 bits per heavy atom. The van der Waals surface area contributed by atoms with Crippen LogP contribution < -0.4 is 5.32 Å². The molecule has 1 fully saturated rings. The number of hydrogen-bond acceptors (Lipinski definition) is 5. The normalized spacial score (nSPS) is 15.4. The minimum absolute atomic E-state index is 0.0880. The van der Waals surface area contributed by atoms with Gasteiger partial charge in [-0.2, -0.15) is 10.2 Å². The number of carbonyl (C=O) groups excluding carboxylic acids is 1. The lowest BCUT2D eigenvalue weighted by Crippen LogP contribution is -2.18. The zero-order chi connectivity index (χ0) is 16.7. The number of rotatable bonds is 5. The molecule has 4 rings (SSSR count). The molecule has 1 unspecified atom stereocenters. The van der Waals surface area contributed by atoms with Crippen molar-refractivity contribution in [2.24, 2.45) is 0 Å². The van der Waals surface area contributed by atoms with Crippen LogP contribution >= 0.6 is 11.3 Å². The first-order chi connectivity index (χ1) is 11.6. The van der Waals surface area contributed by atoms with Crippen LogP contribution in [0.3, 0.4) is 0 Å². The molecule has 0 aliphatic heterocycles. The number of thiazole rings is 1. The first-order valence-electron chi connectivity index (χ1n) is 7.93. The van der Waals surface area contributed by atoms with Crippen LogP contribution in [0.4, 0.5) is 5.82 Å². The summed E-state index contributed by atoms with van der Waals surface area (Å²) in [4.78, 5) is 16.8. The van der Waals surface area contributed by atoms with Gasteiger partial charge in [0.25, 0.3) is 0 Å².